The molecule has 0 saturated carbocycles. The second-order valence-electron chi connectivity index (χ2n) is 4.12. The average Bonchev–Trinajstić information content (AvgIpc) is 2.88. The van der Waals surface area contributed by atoms with Gasteiger partial charge >= 0.3 is 5.97 Å². The van der Waals surface area contributed by atoms with Crippen LogP contribution in [0.5, 0.6) is 0 Å². The van der Waals surface area contributed by atoms with Crippen LogP contribution >= 0.6 is 11.3 Å². The van der Waals surface area contributed by atoms with Crippen molar-refractivity contribution >= 4 is 44.7 Å². The SMILES string of the molecule is Nc1cnc(Nc2ccc3ncsc3c2)cc1C(=O)O. The lowest BCUT2D eigenvalue weighted by Crippen LogP contribution is -2.05. The summed E-state index contributed by atoms with van der Waals surface area (Å²) < 4.78 is 1.05. The number of benzene rings is 1. The van der Waals surface area contributed by atoms with Gasteiger partial charge in [0.2, 0.25) is 0 Å². The van der Waals surface area contributed by atoms with Crippen molar-refractivity contribution in [1.82, 2.24) is 9.97 Å². The highest BCUT2D eigenvalue weighted by Gasteiger charge is 2.10. The van der Waals surface area contributed by atoms with Crippen LogP contribution in [0.25, 0.3) is 10.2 Å². The van der Waals surface area contributed by atoms with Crippen LogP contribution in [0.15, 0.2) is 36.0 Å². The number of pyridine rings is 1. The van der Waals surface area contributed by atoms with Crippen molar-refractivity contribution in [2.45, 2.75) is 0 Å². The smallest absolute Gasteiger partial charge is 0.337 e. The maximum absolute atomic E-state index is 11.0. The Morgan fingerprint density at radius 3 is 2.95 bits per heavy atom. The highest BCUT2D eigenvalue weighted by molar-refractivity contribution is 7.16. The van der Waals surface area contributed by atoms with Gasteiger partial charge in [-0.15, -0.1) is 11.3 Å². The molecule has 1 aromatic carbocycles. The standard InChI is InChI=1S/C13H10N4O2S/c14-9-5-15-12(4-8(9)13(18)19)17-7-1-2-10-11(3-7)20-6-16-10/h1-6H,14H2,(H,15,17)(H,18,19). The van der Waals surface area contributed by atoms with E-state index in [-0.39, 0.29) is 11.3 Å². The first-order valence-corrected chi connectivity index (χ1v) is 6.60. The molecular weight excluding hydrogens is 276 g/mol. The van der Waals surface area contributed by atoms with Crippen LogP contribution in [0.4, 0.5) is 17.2 Å². The minimum atomic E-state index is -1.08. The van der Waals surface area contributed by atoms with Crippen LogP contribution in [0.2, 0.25) is 0 Å². The summed E-state index contributed by atoms with van der Waals surface area (Å²) in [5, 5.41) is 12.1. The molecule has 20 heavy (non-hydrogen) atoms. The van der Waals surface area contributed by atoms with Gasteiger partial charge in [0.1, 0.15) is 5.82 Å². The molecule has 0 unspecified atom stereocenters. The molecule has 3 rings (SSSR count). The monoisotopic (exact) mass is 286 g/mol. The Balaban J connectivity index is 1.94. The molecule has 7 heteroatoms. The van der Waals surface area contributed by atoms with Gasteiger partial charge in [0.05, 0.1) is 33.2 Å². The Labute approximate surface area is 117 Å². The Morgan fingerprint density at radius 2 is 2.15 bits per heavy atom. The molecule has 0 saturated heterocycles. The van der Waals surface area contributed by atoms with Gasteiger partial charge < -0.3 is 16.2 Å². The number of aromatic carboxylic acids is 1. The van der Waals surface area contributed by atoms with Gasteiger partial charge in [-0.3, -0.25) is 0 Å². The first-order valence-electron chi connectivity index (χ1n) is 5.72. The normalized spacial score (nSPS) is 10.6. The van der Waals surface area contributed by atoms with Gasteiger partial charge in [-0.05, 0) is 24.3 Å². The minimum absolute atomic E-state index is 0.0290. The molecule has 0 amide bonds. The fourth-order valence-electron chi connectivity index (χ4n) is 1.80. The maximum atomic E-state index is 11.0. The third-order valence-corrected chi connectivity index (χ3v) is 3.56. The number of rotatable bonds is 3. The number of nitrogen functional groups attached to an aromatic ring is 1. The molecule has 100 valence electrons. The quantitative estimate of drug-likeness (QED) is 0.684. The van der Waals surface area contributed by atoms with Crippen LogP contribution in [0.3, 0.4) is 0 Å². The highest BCUT2D eigenvalue weighted by Crippen LogP contribution is 2.24. The Morgan fingerprint density at radius 1 is 1.30 bits per heavy atom. The molecule has 3 aromatic rings. The number of anilines is 3. The number of nitrogens with zero attached hydrogens (tertiary/aromatic N) is 2. The number of nitrogens with one attached hydrogen (secondary N) is 1. The molecule has 0 aliphatic carbocycles. The summed E-state index contributed by atoms with van der Waals surface area (Å²) in [6.07, 6.45) is 1.33. The third-order valence-electron chi connectivity index (χ3n) is 2.77. The summed E-state index contributed by atoms with van der Waals surface area (Å²) in [5.41, 5.74) is 9.25. The molecule has 0 atom stereocenters. The Hall–Kier alpha value is -2.67. The largest absolute Gasteiger partial charge is 0.478 e. The molecule has 0 spiro atoms. The van der Waals surface area contributed by atoms with Gasteiger partial charge in [-0.1, -0.05) is 0 Å². The van der Waals surface area contributed by atoms with E-state index in [4.69, 9.17) is 10.8 Å². The number of carbonyl (C=O) groups is 1. The van der Waals surface area contributed by atoms with Crippen LogP contribution in [0, 0.1) is 0 Å². The van der Waals surface area contributed by atoms with E-state index in [1.165, 1.54) is 23.6 Å². The van der Waals surface area contributed by atoms with Crippen molar-refractivity contribution in [2.24, 2.45) is 0 Å². The van der Waals surface area contributed by atoms with Gasteiger partial charge in [0.15, 0.2) is 0 Å². The van der Waals surface area contributed by atoms with Crippen molar-refractivity contribution in [3.05, 3.63) is 41.5 Å². The minimum Gasteiger partial charge on any atom is -0.478 e. The number of thiazole rings is 1. The lowest BCUT2D eigenvalue weighted by Gasteiger charge is -2.07. The summed E-state index contributed by atoms with van der Waals surface area (Å²) >= 11 is 1.54. The van der Waals surface area contributed by atoms with Crippen LogP contribution in [-0.4, -0.2) is 21.0 Å². The summed E-state index contributed by atoms with van der Waals surface area (Å²) in [6.45, 7) is 0. The van der Waals surface area contributed by atoms with E-state index in [0.717, 1.165) is 15.9 Å². The zero-order chi connectivity index (χ0) is 14.1. The first kappa shape index (κ1) is 12.4. The molecular formula is C13H10N4O2S. The molecule has 0 radical (unpaired) electrons. The molecule has 0 aliphatic heterocycles. The molecule has 2 heterocycles. The third kappa shape index (κ3) is 2.26. The second-order valence-corrected chi connectivity index (χ2v) is 5.01. The maximum Gasteiger partial charge on any atom is 0.337 e. The molecule has 0 fully saturated rings. The van der Waals surface area contributed by atoms with E-state index in [1.807, 2.05) is 18.2 Å². The highest BCUT2D eigenvalue weighted by atomic mass is 32.1. The van der Waals surface area contributed by atoms with Crippen molar-refractivity contribution in [1.29, 1.82) is 0 Å². The second kappa shape index (κ2) is 4.78. The molecule has 0 aliphatic rings. The fraction of sp³-hybridized carbons (Fsp3) is 0. The predicted octanol–water partition coefficient (Wildman–Crippen LogP) is 2.72. The lowest BCUT2D eigenvalue weighted by atomic mass is 10.2. The molecule has 6 nitrogen and oxygen atoms in total. The number of carboxylic acid groups (broad SMARTS) is 1. The molecule has 4 N–H and O–H groups in total. The zero-order valence-electron chi connectivity index (χ0n) is 10.2. The van der Waals surface area contributed by atoms with E-state index >= 15 is 0 Å². The Kier molecular flexibility index (Phi) is 2.96. The summed E-state index contributed by atoms with van der Waals surface area (Å²) in [4.78, 5) is 19.3. The van der Waals surface area contributed by atoms with Gasteiger partial charge in [0, 0.05) is 5.69 Å². The van der Waals surface area contributed by atoms with E-state index in [2.05, 4.69) is 15.3 Å². The summed E-state index contributed by atoms with van der Waals surface area (Å²) in [5.74, 6) is -0.647. The van der Waals surface area contributed by atoms with E-state index in [1.54, 1.807) is 5.51 Å². The molecule has 2 aromatic heterocycles. The van der Waals surface area contributed by atoms with Crippen molar-refractivity contribution in [3.63, 3.8) is 0 Å². The van der Waals surface area contributed by atoms with Gasteiger partial charge in [-0.25, -0.2) is 14.8 Å². The number of aromatic nitrogens is 2. The Bertz CT molecular complexity index is 800. The van der Waals surface area contributed by atoms with Crippen molar-refractivity contribution < 1.29 is 9.90 Å². The van der Waals surface area contributed by atoms with E-state index in [0.29, 0.717) is 5.82 Å². The molecule has 0 bridgehead atoms. The predicted molar refractivity (Wildman–Crippen MR) is 78.5 cm³/mol. The number of hydrogen-bond acceptors (Lipinski definition) is 6. The van der Waals surface area contributed by atoms with Gasteiger partial charge in [-0.2, -0.15) is 0 Å². The summed E-state index contributed by atoms with van der Waals surface area (Å²) in [7, 11) is 0. The zero-order valence-corrected chi connectivity index (χ0v) is 11.0. The van der Waals surface area contributed by atoms with E-state index in [9.17, 15) is 4.79 Å². The van der Waals surface area contributed by atoms with Gasteiger partial charge in [0.25, 0.3) is 0 Å². The summed E-state index contributed by atoms with van der Waals surface area (Å²) in [6, 6.07) is 7.10. The number of hydrogen-bond donors (Lipinski definition) is 3. The number of carboxylic acids is 1. The average molecular weight is 286 g/mol. The number of nitrogens with two attached hydrogens (primary N) is 1. The van der Waals surface area contributed by atoms with Crippen LogP contribution in [0.1, 0.15) is 10.4 Å². The van der Waals surface area contributed by atoms with E-state index < -0.39 is 5.97 Å². The topological polar surface area (TPSA) is 101 Å². The van der Waals surface area contributed by atoms with Crippen molar-refractivity contribution in [2.75, 3.05) is 11.1 Å². The lowest BCUT2D eigenvalue weighted by molar-refractivity contribution is 0.0698. The van der Waals surface area contributed by atoms with Crippen molar-refractivity contribution in [3.8, 4) is 0 Å². The first-order chi connectivity index (χ1) is 9.63. The number of fused-ring (bicyclic) bond motifs is 1. The van der Waals surface area contributed by atoms with Crippen LogP contribution < -0.4 is 11.1 Å². The van der Waals surface area contributed by atoms with Crippen LogP contribution in [-0.2, 0) is 0 Å². The fourth-order valence-corrected chi connectivity index (χ4v) is 2.52.